The number of benzene rings is 1. The highest BCUT2D eigenvalue weighted by Gasteiger charge is 2.22. The SMILES string of the molecule is CCOC(=O)c1sc2nc(C)n(C[C@H](O)COCc3ccc(Cl)cc3)c(=O)c2c1C. The monoisotopic (exact) mass is 450 g/mol. The van der Waals surface area contributed by atoms with Crippen molar-refractivity contribution in [3.63, 3.8) is 0 Å². The first-order chi connectivity index (χ1) is 14.3. The number of aryl methyl sites for hydroxylation is 2. The lowest BCUT2D eigenvalue weighted by molar-refractivity contribution is 0.0195. The number of aliphatic hydroxyl groups excluding tert-OH is 1. The van der Waals surface area contributed by atoms with Crippen LogP contribution in [0.1, 0.15) is 33.5 Å². The Morgan fingerprint density at radius 3 is 2.67 bits per heavy atom. The molecule has 0 saturated carbocycles. The molecule has 0 saturated heterocycles. The molecule has 2 aromatic heterocycles. The van der Waals surface area contributed by atoms with Crippen molar-refractivity contribution in [2.24, 2.45) is 0 Å². The average Bonchev–Trinajstić information content (AvgIpc) is 3.03. The lowest BCUT2D eigenvalue weighted by Crippen LogP contribution is -2.31. The number of rotatable bonds is 8. The van der Waals surface area contributed by atoms with Gasteiger partial charge in [-0.25, -0.2) is 9.78 Å². The van der Waals surface area contributed by atoms with Crippen molar-refractivity contribution in [2.75, 3.05) is 13.2 Å². The quantitative estimate of drug-likeness (QED) is 0.528. The second kappa shape index (κ2) is 9.70. The van der Waals surface area contributed by atoms with Gasteiger partial charge in [0.25, 0.3) is 5.56 Å². The van der Waals surface area contributed by atoms with Gasteiger partial charge in [-0.15, -0.1) is 11.3 Å². The molecule has 0 spiro atoms. The van der Waals surface area contributed by atoms with Gasteiger partial charge in [-0.3, -0.25) is 9.36 Å². The smallest absolute Gasteiger partial charge is 0.348 e. The lowest BCUT2D eigenvalue weighted by Gasteiger charge is -2.15. The lowest BCUT2D eigenvalue weighted by atomic mass is 10.2. The Morgan fingerprint density at radius 1 is 1.30 bits per heavy atom. The molecule has 3 aromatic rings. The van der Waals surface area contributed by atoms with E-state index in [4.69, 9.17) is 21.1 Å². The molecular weight excluding hydrogens is 428 g/mol. The van der Waals surface area contributed by atoms with E-state index in [-0.39, 0.29) is 25.3 Å². The number of aliphatic hydroxyl groups is 1. The van der Waals surface area contributed by atoms with Crippen molar-refractivity contribution < 1.29 is 19.4 Å². The van der Waals surface area contributed by atoms with Crippen LogP contribution in [-0.4, -0.2) is 39.9 Å². The summed E-state index contributed by atoms with van der Waals surface area (Å²) >= 11 is 7.00. The van der Waals surface area contributed by atoms with Crippen molar-refractivity contribution in [3.8, 4) is 0 Å². The van der Waals surface area contributed by atoms with Crippen LogP contribution in [0.2, 0.25) is 5.02 Å². The number of nitrogens with zero attached hydrogens (tertiary/aromatic N) is 2. The Bertz CT molecular complexity index is 1110. The number of ether oxygens (including phenoxy) is 2. The summed E-state index contributed by atoms with van der Waals surface area (Å²) in [4.78, 5) is 30.5. The largest absolute Gasteiger partial charge is 0.462 e. The van der Waals surface area contributed by atoms with Gasteiger partial charge in [0.15, 0.2) is 0 Å². The Balaban J connectivity index is 1.75. The van der Waals surface area contributed by atoms with Crippen LogP contribution in [0.25, 0.3) is 10.2 Å². The van der Waals surface area contributed by atoms with E-state index in [0.29, 0.717) is 38.1 Å². The van der Waals surface area contributed by atoms with Crippen molar-refractivity contribution >= 4 is 39.1 Å². The molecular formula is C21H23ClN2O5S. The van der Waals surface area contributed by atoms with E-state index >= 15 is 0 Å². The van der Waals surface area contributed by atoms with E-state index in [9.17, 15) is 14.7 Å². The third kappa shape index (κ3) is 4.89. The zero-order chi connectivity index (χ0) is 21.8. The molecule has 0 amide bonds. The summed E-state index contributed by atoms with van der Waals surface area (Å²) in [7, 11) is 0. The minimum atomic E-state index is -0.892. The summed E-state index contributed by atoms with van der Waals surface area (Å²) in [6, 6.07) is 7.24. The number of carbonyl (C=O) groups is 1. The van der Waals surface area contributed by atoms with Gasteiger partial charge in [-0.1, -0.05) is 23.7 Å². The molecule has 1 atom stereocenters. The first-order valence-electron chi connectivity index (χ1n) is 9.49. The van der Waals surface area contributed by atoms with Gasteiger partial charge in [0, 0.05) is 5.02 Å². The predicted octanol–water partition coefficient (Wildman–Crippen LogP) is 3.48. The van der Waals surface area contributed by atoms with Crippen molar-refractivity contribution in [3.05, 3.63) is 61.5 Å². The fourth-order valence-corrected chi connectivity index (χ4v) is 4.32. The maximum Gasteiger partial charge on any atom is 0.348 e. The summed E-state index contributed by atoms with van der Waals surface area (Å²) in [6.45, 7) is 5.81. The Labute approximate surface area is 182 Å². The fraction of sp³-hybridized carbons (Fsp3) is 0.381. The Kier molecular flexibility index (Phi) is 7.25. The maximum atomic E-state index is 13.0. The molecule has 3 rings (SSSR count). The number of esters is 1. The van der Waals surface area contributed by atoms with E-state index in [0.717, 1.165) is 16.9 Å². The fourth-order valence-electron chi connectivity index (χ4n) is 3.08. The van der Waals surface area contributed by atoms with E-state index in [1.165, 1.54) is 4.57 Å². The second-order valence-electron chi connectivity index (χ2n) is 6.83. The number of carbonyl (C=O) groups excluding carboxylic acids is 1. The van der Waals surface area contributed by atoms with Crippen LogP contribution in [0.3, 0.4) is 0 Å². The van der Waals surface area contributed by atoms with Crippen LogP contribution in [0.15, 0.2) is 29.1 Å². The molecule has 2 heterocycles. The molecule has 7 nitrogen and oxygen atoms in total. The van der Waals surface area contributed by atoms with Gasteiger partial charge < -0.3 is 14.6 Å². The van der Waals surface area contributed by atoms with Gasteiger partial charge in [0.2, 0.25) is 0 Å². The number of aromatic nitrogens is 2. The summed E-state index contributed by atoms with van der Waals surface area (Å²) in [6.07, 6.45) is -0.892. The maximum absolute atomic E-state index is 13.0. The van der Waals surface area contributed by atoms with Crippen LogP contribution in [0.4, 0.5) is 0 Å². The molecule has 0 aliphatic carbocycles. The molecule has 30 heavy (non-hydrogen) atoms. The van der Waals surface area contributed by atoms with Crippen LogP contribution < -0.4 is 5.56 Å². The topological polar surface area (TPSA) is 90.7 Å². The minimum Gasteiger partial charge on any atom is -0.462 e. The van der Waals surface area contributed by atoms with Gasteiger partial charge >= 0.3 is 5.97 Å². The summed E-state index contributed by atoms with van der Waals surface area (Å²) in [5.74, 6) is -0.00172. The van der Waals surface area contributed by atoms with Gasteiger partial charge in [0.1, 0.15) is 15.5 Å². The van der Waals surface area contributed by atoms with Crippen LogP contribution in [0.5, 0.6) is 0 Å². The summed E-state index contributed by atoms with van der Waals surface area (Å²) in [5, 5.41) is 11.4. The number of thiophene rings is 1. The highest BCUT2D eigenvalue weighted by atomic mass is 35.5. The summed E-state index contributed by atoms with van der Waals surface area (Å²) < 4.78 is 12.0. The average molecular weight is 451 g/mol. The molecule has 1 aromatic carbocycles. The zero-order valence-electron chi connectivity index (χ0n) is 17.0. The van der Waals surface area contributed by atoms with Crippen LogP contribution >= 0.6 is 22.9 Å². The van der Waals surface area contributed by atoms with Gasteiger partial charge in [-0.2, -0.15) is 0 Å². The highest BCUT2D eigenvalue weighted by Crippen LogP contribution is 2.28. The molecule has 160 valence electrons. The second-order valence-corrected chi connectivity index (χ2v) is 8.26. The molecule has 0 aliphatic rings. The normalized spacial score (nSPS) is 12.3. The molecule has 1 N–H and O–H groups in total. The molecule has 9 heteroatoms. The molecule has 0 fully saturated rings. The molecule has 0 unspecified atom stereocenters. The first kappa shape index (κ1) is 22.4. The van der Waals surface area contributed by atoms with E-state index in [2.05, 4.69) is 4.98 Å². The zero-order valence-corrected chi connectivity index (χ0v) is 18.5. The van der Waals surface area contributed by atoms with Crippen molar-refractivity contribution in [2.45, 2.75) is 40.0 Å². The number of hydrogen-bond donors (Lipinski definition) is 1. The Morgan fingerprint density at radius 2 is 2.00 bits per heavy atom. The van der Waals surface area contributed by atoms with Crippen molar-refractivity contribution in [1.82, 2.24) is 9.55 Å². The third-order valence-corrected chi connectivity index (χ3v) is 6.01. The van der Waals surface area contributed by atoms with Gasteiger partial charge in [-0.05, 0) is 44.0 Å². The third-order valence-electron chi connectivity index (χ3n) is 4.59. The van der Waals surface area contributed by atoms with E-state index < -0.39 is 12.1 Å². The Hall–Kier alpha value is -2.26. The number of hydrogen-bond acceptors (Lipinski definition) is 7. The van der Waals surface area contributed by atoms with E-state index in [1.54, 1.807) is 32.9 Å². The standard InChI is InChI=1S/C21H23ClN2O5S/c1-4-29-21(27)18-12(2)17-19(30-18)23-13(3)24(20(17)26)9-16(25)11-28-10-14-5-7-15(22)8-6-14/h5-8,16,25H,4,9-11H2,1-3H3/t16-/m0/s1. The van der Waals surface area contributed by atoms with Crippen LogP contribution in [-0.2, 0) is 22.6 Å². The number of halogens is 1. The molecule has 0 bridgehead atoms. The van der Waals surface area contributed by atoms with Gasteiger partial charge in [0.05, 0.1) is 37.9 Å². The van der Waals surface area contributed by atoms with Crippen LogP contribution in [0, 0.1) is 13.8 Å². The highest BCUT2D eigenvalue weighted by molar-refractivity contribution is 7.20. The predicted molar refractivity (Wildman–Crippen MR) is 116 cm³/mol. The number of fused-ring (bicyclic) bond motifs is 1. The minimum absolute atomic E-state index is 0.0399. The molecule has 0 aliphatic heterocycles. The summed E-state index contributed by atoms with van der Waals surface area (Å²) in [5.41, 5.74) is 1.19. The van der Waals surface area contributed by atoms with E-state index in [1.807, 2.05) is 12.1 Å². The first-order valence-corrected chi connectivity index (χ1v) is 10.7. The molecule has 0 radical (unpaired) electrons. The van der Waals surface area contributed by atoms with Crippen molar-refractivity contribution in [1.29, 1.82) is 0 Å².